The maximum atomic E-state index is 13.4. The van der Waals surface area contributed by atoms with Crippen LogP contribution in [0.2, 0.25) is 0 Å². The molecule has 4 unspecified atom stereocenters. The van der Waals surface area contributed by atoms with Crippen LogP contribution in [0.4, 0.5) is 0 Å². The zero-order chi connectivity index (χ0) is 30.4. The van der Waals surface area contributed by atoms with E-state index < -0.39 is 53.8 Å². The number of carbonyl (C=O) groups excluding carboxylic acids is 4. The number of unbranched alkanes of at least 4 members (excludes halogenated alkanes) is 1. The highest BCUT2D eigenvalue weighted by atomic mass is 16.4. The topological polar surface area (TPSA) is 269 Å². The summed E-state index contributed by atoms with van der Waals surface area (Å²) in [5.74, 6) is -4.13. The van der Waals surface area contributed by atoms with Gasteiger partial charge in [-0.1, -0.05) is 12.1 Å². The number of amides is 4. The van der Waals surface area contributed by atoms with Gasteiger partial charge in [-0.05, 0) is 56.3 Å². The van der Waals surface area contributed by atoms with Crippen molar-refractivity contribution in [2.75, 3.05) is 6.54 Å². The Labute approximate surface area is 236 Å². The lowest BCUT2D eigenvalue weighted by Gasteiger charge is -2.25. The van der Waals surface area contributed by atoms with E-state index in [-0.39, 0.29) is 37.9 Å². The van der Waals surface area contributed by atoms with E-state index in [1.165, 1.54) is 24.7 Å². The van der Waals surface area contributed by atoms with Crippen molar-refractivity contribution < 1.29 is 34.2 Å². The number of hydrogen-bond acceptors (Lipinski definition) is 9. The molecule has 0 aliphatic heterocycles. The lowest BCUT2D eigenvalue weighted by molar-refractivity contribution is -0.142. The van der Waals surface area contributed by atoms with Crippen LogP contribution in [-0.4, -0.2) is 80.5 Å². The molecular weight excluding hydrogens is 536 g/mol. The van der Waals surface area contributed by atoms with Gasteiger partial charge in [-0.25, -0.2) is 9.78 Å². The number of H-pyrrole nitrogens is 1. The van der Waals surface area contributed by atoms with Crippen LogP contribution >= 0.6 is 0 Å². The van der Waals surface area contributed by atoms with Crippen molar-refractivity contribution in [3.05, 3.63) is 48.0 Å². The average molecular weight is 575 g/mol. The van der Waals surface area contributed by atoms with Gasteiger partial charge in [0, 0.05) is 24.7 Å². The van der Waals surface area contributed by atoms with Crippen molar-refractivity contribution >= 4 is 29.6 Å². The summed E-state index contributed by atoms with van der Waals surface area (Å²) in [7, 11) is 0. The summed E-state index contributed by atoms with van der Waals surface area (Å²) in [5, 5.41) is 26.5. The highest BCUT2D eigenvalue weighted by Crippen LogP contribution is 2.11. The van der Waals surface area contributed by atoms with E-state index in [0.717, 1.165) is 0 Å². The van der Waals surface area contributed by atoms with Crippen LogP contribution in [-0.2, 0) is 36.8 Å². The third-order valence-corrected chi connectivity index (χ3v) is 6.21. The van der Waals surface area contributed by atoms with Gasteiger partial charge in [0.1, 0.15) is 23.9 Å². The summed E-state index contributed by atoms with van der Waals surface area (Å²) in [5.41, 5.74) is 18.0. The molecule has 0 spiro atoms. The van der Waals surface area contributed by atoms with Gasteiger partial charge in [-0.3, -0.25) is 19.2 Å². The van der Waals surface area contributed by atoms with Gasteiger partial charge in [0.25, 0.3) is 0 Å². The Morgan fingerprint density at radius 2 is 1.51 bits per heavy atom. The monoisotopic (exact) mass is 574 g/mol. The van der Waals surface area contributed by atoms with Crippen LogP contribution in [0.3, 0.4) is 0 Å². The Morgan fingerprint density at radius 3 is 2.10 bits per heavy atom. The van der Waals surface area contributed by atoms with Crippen LogP contribution in [0.25, 0.3) is 0 Å². The molecule has 2 rings (SSSR count). The molecule has 0 aliphatic carbocycles. The molecule has 15 nitrogen and oxygen atoms in total. The normalized spacial score (nSPS) is 13.8. The fourth-order valence-electron chi connectivity index (χ4n) is 3.93. The molecule has 0 fully saturated rings. The summed E-state index contributed by atoms with van der Waals surface area (Å²) in [6.45, 7) is 0.343. The fraction of sp³-hybridized carbons (Fsp3) is 0.462. The number of imidazole rings is 1. The van der Waals surface area contributed by atoms with Gasteiger partial charge in [-0.2, -0.15) is 0 Å². The van der Waals surface area contributed by atoms with Crippen molar-refractivity contribution in [3.63, 3.8) is 0 Å². The number of carbonyl (C=O) groups is 5. The number of aromatic hydroxyl groups is 1. The van der Waals surface area contributed by atoms with E-state index >= 15 is 0 Å². The SMILES string of the molecule is NCCCCC(NC(=O)C(Cc1cnc[nH]1)NC(=O)C(N)Cc1ccc(O)cc1)C(=O)NC(CCC(N)=O)C(=O)O. The molecule has 0 radical (unpaired) electrons. The number of nitrogens with two attached hydrogens (primary N) is 3. The van der Waals surface area contributed by atoms with Gasteiger partial charge in [-0.15, -0.1) is 0 Å². The zero-order valence-corrected chi connectivity index (χ0v) is 22.5. The second kappa shape index (κ2) is 16.6. The molecule has 4 atom stereocenters. The predicted octanol–water partition coefficient (Wildman–Crippen LogP) is -1.84. The van der Waals surface area contributed by atoms with Crippen molar-refractivity contribution in [1.29, 1.82) is 0 Å². The number of carboxylic acid groups (broad SMARTS) is 1. The van der Waals surface area contributed by atoms with Gasteiger partial charge >= 0.3 is 5.97 Å². The predicted molar refractivity (Wildman–Crippen MR) is 147 cm³/mol. The molecule has 0 saturated carbocycles. The summed E-state index contributed by atoms with van der Waals surface area (Å²) < 4.78 is 0. The van der Waals surface area contributed by atoms with E-state index in [4.69, 9.17) is 17.2 Å². The molecule has 1 aromatic heterocycles. The second-order valence-corrected chi connectivity index (χ2v) is 9.57. The largest absolute Gasteiger partial charge is 0.508 e. The third kappa shape index (κ3) is 11.6. The molecule has 0 bridgehead atoms. The Morgan fingerprint density at radius 1 is 0.878 bits per heavy atom. The number of aliphatic carboxylic acids is 1. The van der Waals surface area contributed by atoms with Crippen LogP contribution < -0.4 is 33.2 Å². The summed E-state index contributed by atoms with van der Waals surface area (Å²) >= 11 is 0. The molecule has 12 N–H and O–H groups in total. The summed E-state index contributed by atoms with van der Waals surface area (Å²) in [4.78, 5) is 68.9. The smallest absolute Gasteiger partial charge is 0.326 e. The van der Waals surface area contributed by atoms with E-state index in [1.807, 2.05) is 0 Å². The minimum atomic E-state index is -1.40. The van der Waals surface area contributed by atoms with Crippen LogP contribution in [0, 0.1) is 0 Å². The molecule has 41 heavy (non-hydrogen) atoms. The number of rotatable bonds is 18. The number of phenolic OH excluding ortho intramolecular Hbond substituents is 1. The maximum absolute atomic E-state index is 13.4. The number of phenols is 1. The number of benzene rings is 1. The van der Waals surface area contributed by atoms with Crippen LogP contribution in [0.5, 0.6) is 5.75 Å². The minimum absolute atomic E-state index is 0.00297. The van der Waals surface area contributed by atoms with E-state index in [1.54, 1.807) is 12.1 Å². The van der Waals surface area contributed by atoms with Crippen molar-refractivity contribution in [3.8, 4) is 5.75 Å². The van der Waals surface area contributed by atoms with Crippen LogP contribution in [0.1, 0.15) is 43.4 Å². The van der Waals surface area contributed by atoms with Gasteiger partial charge in [0.2, 0.25) is 23.6 Å². The standard InChI is InChI=1S/C26H38N8O7/c27-10-2-1-3-19(24(38)33-20(26(40)41)8-9-22(29)36)32-25(39)21(12-16-13-30-14-31-16)34-23(37)18(28)11-15-4-6-17(35)7-5-15/h4-7,13-14,18-21,35H,1-3,8-12,27-28H2,(H2,29,36)(H,30,31)(H,32,39)(H,33,38)(H,34,37)(H,40,41). The first-order valence-electron chi connectivity index (χ1n) is 13.1. The molecule has 224 valence electrons. The van der Waals surface area contributed by atoms with Crippen molar-refractivity contribution in [2.45, 2.75) is 69.1 Å². The second-order valence-electron chi connectivity index (χ2n) is 9.57. The number of primary amides is 1. The summed E-state index contributed by atoms with van der Waals surface area (Å²) in [6.07, 6.45) is 3.67. The van der Waals surface area contributed by atoms with E-state index in [0.29, 0.717) is 30.6 Å². The number of hydrogen-bond donors (Lipinski definition) is 9. The first-order valence-corrected chi connectivity index (χ1v) is 13.1. The molecule has 0 aliphatic rings. The van der Waals surface area contributed by atoms with Gasteiger partial charge < -0.3 is 48.3 Å². The quantitative estimate of drug-likeness (QED) is 0.0897. The number of aromatic nitrogens is 2. The average Bonchev–Trinajstić information content (AvgIpc) is 3.44. The lowest BCUT2D eigenvalue weighted by atomic mass is 10.0. The lowest BCUT2D eigenvalue weighted by Crippen LogP contribution is -2.57. The molecular formula is C26H38N8O7. The fourth-order valence-corrected chi connectivity index (χ4v) is 3.93. The minimum Gasteiger partial charge on any atom is -0.508 e. The first-order chi connectivity index (χ1) is 19.5. The number of aromatic amines is 1. The molecule has 2 aromatic rings. The highest BCUT2D eigenvalue weighted by molar-refractivity contribution is 5.94. The highest BCUT2D eigenvalue weighted by Gasteiger charge is 2.30. The zero-order valence-electron chi connectivity index (χ0n) is 22.5. The van der Waals surface area contributed by atoms with Crippen molar-refractivity contribution in [1.82, 2.24) is 25.9 Å². The van der Waals surface area contributed by atoms with Crippen molar-refractivity contribution in [2.24, 2.45) is 17.2 Å². The number of carboxylic acids is 1. The maximum Gasteiger partial charge on any atom is 0.326 e. The van der Waals surface area contributed by atoms with E-state index in [2.05, 4.69) is 25.9 Å². The van der Waals surface area contributed by atoms with Crippen LogP contribution in [0.15, 0.2) is 36.8 Å². The Bertz CT molecular complexity index is 1160. The molecule has 1 aromatic carbocycles. The first kappa shape index (κ1) is 32.7. The molecule has 15 heteroatoms. The molecule has 4 amide bonds. The summed E-state index contributed by atoms with van der Waals surface area (Å²) in [6, 6.07) is 1.43. The Balaban J connectivity index is 2.17. The Hall–Kier alpha value is -4.50. The molecule has 1 heterocycles. The molecule has 0 saturated heterocycles. The van der Waals surface area contributed by atoms with Gasteiger partial charge in [0.05, 0.1) is 12.4 Å². The number of nitrogens with one attached hydrogen (secondary N) is 4. The Kier molecular flexibility index (Phi) is 13.2. The van der Waals surface area contributed by atoms with E-state index in [9.17, 15) is 34.2 Å². The third-order valence-electron chi connectivity index (χ3n) is 6.21. The van der Waals surface area contributed by atoms with Gasteiger partial charge in [0.15, 0.2) is 0 Å². The number of nitrogens with zero attached hydrogens (tertiary/aromatic N) is 1.